The second kappa shape index (κ2) is 10.0. The number of rotatable bonds is 7. The van der Waals surface area contributed by atoms with Gasteiger partial charge in [-0.05, 0) is 42.3 Å². The number of benzene rings is 2. The van der Waals surface area contributed by atoms with Gasteiger partial charge in [0, 0.05) is 38.4 Å². The number of carbonyl (C=O) groups is 2. The lowest BCUT2D eigenvalue weighted by Crippen LogP contribution is -2.43. The number of anilines is 1. The predicted octanol–water partition coefficient (Wildman–Crippen LogP) is 3.03. The van der Waals surface area contributed by atoms with Crippen molar-refractivity contribution in [1.29, 1.82) is 0 Å². The lowest BCUT2D eigenvalue weighted by Gasteiger charge is -2.20. The van der Waals surface area contributed by atoms with Crippen LogP contribution in [-0.4, -0.2) is 62.1 Å². The van der Waals surface area contributed by atoms with Crippen LogP contribution < -0.4 is 16.0 Å². The smallest absolute Gasteiger partial charge is 0.321 e. The number of amides is 3. The topological polar surface area (TPSA) is 133 Å². The minimum absolute atomic E-state index is 0.145. The molecular formula is C23H26N6O4S2. The van der Waals surface area contributed by atoms with E-state index in [4.69, 9.17) is 0 Å². The number of hydrogen-bond donors (Lipinski definition) is 3. The van der Waals surface area contributed by atoms with Crippen LogP contribution in [0.1, 0.15) is 19.8 Å². The highest BCUT2D eigenvalue weighted by molar-refractivity contribution is 7.90. The van der Waals surface area contributed by atoms with Gasteiger partial charge in [0.25, 0.3) is 0 Å². The third-order valence-corrected chi connectivity index (χ3v) is 7.48. The number of hydrogen-bond acceptors (Lipinski definition) is 8. The van der Waals surface area contributed by atoms with Gasteiger partial charge in [-0.1, -0.05) is 29.5 Å². The van der Waals surface area contributed by atoms with E-state index >= 15 is 0 Å². The van der Waals surface area contributed by atoms with Gasteiger partial charge in [-0.15, -0.1) is 0 Å². The van der Waals surface area contributed by atoms with E-state index < -0.39 is 15.9 Å². The van der Waals surface area contributed by atoms with Crippen molar-refractivity contribution in [2.24, 2.45) is 5.10 Å². The van der Waals surface area contributed by atoms with Crippen LogP contribution in [0.25, 0.3) is 21.3 Å². The molecule has 3 amide bonds. The Hall–Kier alpha value is -3.51. The number of aromatic nitrogens is 1. The molecule has 0 fully saturated rings. The monoisotopic (exact) mass is 514 g/mol. The third kappa shape index (κ3) is 6.14. The summed E-state index contributed by atoms with van der Waals surface area (Å²) in [5.41, 5.74) is 3.30. The zero-order valence-corrected chi connectivity index (χ0v) is 21.2. The first kappa shape index (κ1) is 24.6. The Balaban J connectivity index is 1.33. The molecule has 0 spiro atoms. The molecule has 0 radical (unpaired) electrons. The number of nitrogens with zero attached hydrogens (tertiary/aromatic N) is 3. The van der Waals surface area contributed by atoms with Crippen LogP contribution in [0.3, 0.4) is 0 Å². The second-order valence-electron chi connectivity index (χ2n) is 8.33. The average molecular weight is 515 g/mol. The summed E-state index contributed by atoms with van der Waals surface area (Å²) in [6, 6.07) is 11.9. The Morgan fingerprint density at radius 2 is 1.94 bits per heavy atom. The second-order valence-corrected chi connectivity index (χ2v) is 11.4. The predicted molar refractivity (Wildman–Crippen MR) is 137 cm³/mol. The van der Waals surface area contributed by atoms with Crippen molar-refractivity contribution in [1.82, 2.24) is 20.6 Å². The van der Waals surface area contributed by atoms with E-state index in [0.29, 0.717) is 17.1 Å². The van der Waals surface area contributed by atoms with Crippen molar-refractivity contribution in [2.75, 3.05) is 25.2 Å². The molecule has 3 N–H and O–H groups in total. The standard InChI is InChI=1S/C23H26N6O4S2/c1-14-11-20(29(2)28-14)26-21(30)9-10-24-22(31)27-23-25-18-8-7-16(13-19(18)34-23)15-5-4-6-17(12-15)35(3,32)33/h4-8,12-13,20H,9-11H2,1-3H3,(H,26,30)(H2,24,25,27,31). The summed E-state index contributed by atoms with van der Waals surface area (Å²) in [7, 11) is -1.50. The van der Waals surface area contributed by atoms with Gasteiger partial charge in [-0.3, -0.25) is 15.1 Å². The molecule has 1 unspecified atom stereocenters. The Morgan fingerprint density at radius 3 is 2.66 bits per heavy atom. The Kier molecular flexibility index (Phi) is 7.03. The SMILES string of the molecule is CC1=NN(C)C(NC(=O)CCNC(=O)Nc2nc3ccc(-c4cccc(S(C)(=O)=O)c4)cc3s2)C1. The molecule has 1 atom stereocenters. The first-order valence-corrected chi connectivity index (χ1v) is 13.6. The molecule has 1 aliphatic rings. The van der Waals surface area contributed by atoms with Crippen LogP contribution in [-0.2, 0) is 14.6 Å². The molecule has 1 aliphatic heterocycles. The molecule has 35 heavy (non-hydrogen) atoms. The quantitative estimate of drug-likeness (QED) is 0.444. The lowest BCUT2D eigenvalue weighted by molar-refractivity contribution is -0.122. The largest absolute Gasteiger partial charge is 0.337 e. The Labute approximate surface area is 207 Å². The van der Waals surface area contributed by atoms with E-state index in [1.165, 1.54) is 17.6 Å². The minimum Gasteiger partial charge on any atom is -0.337 e. The van der Waals surface area contributed by atoms with Crippen molar-refractivity contribution in [3.8, 4) is 11.1 Å². The van der Waals surface area contributed by atoms with Gasteiger partial charge in [0.15, 0.2) is 15.0 Å². The molecule has 2 heterocycles. The summed E-state index contributed by atoms with van der Waals surface area (Å²) in [6.07, 6.45) is 1.85. The fourth-order valence-corrected chi connectivity index (χ4v) is 5.26. The summed E-state index contributed by atoms with van der Waals surface area (Å²) < 4.78 is 24.6. The van der Waals surface area contributed by atoms with Gasteiger partial charge in [-0.2, -0.15) is 5.10 Å². The zero-order valence-electron chi connectivity index (χ0n) is 19.5. The van der Waals surface area contributed by atoms with Crippen LogP contribution in [0.15, 0.2) is 52.5 Å². The van der Waals surface area contributed by atoms with Crippen LogP contribution >= 0.6 is 11.3 Å². The number of nitrogens with one attached hydrogen (secondary N) is 3. The van der Waals surface area contributed by atoms with Crippen molar-refractivity contribution in [3.05, 3.63) is 42.5 Å². The van der Waals surface area contributed by atoms with Gasteiger partial charge in [0.1, 0.15) is 6.17 Å². The van der Waals surface area contributed by atoms with E-state index in [2.05, 4.69) is 26.0 Å². The summed E-state index contributed by atoms with van der Waals surface area (Å²) >= 11 is 1.31. The Bertz CT molecular complexity index is 1420. The van der Waals surface area contributed by atoms with Gasteiger partial charge in [0.2, 0.25) is 5.91 Å². The first-order valence-electron chi connectivity index (χ1n) is 10.9. The number of fused-ring (bicyclic) bond motifs is 1. The van der Waals surface area contributed by atoms with Crippen molar-refractivity contribution in [3.63, 3.8) is 0 Å². The molecule has 2 aromatic carbocycles. The summed E-state index contributed by atoms with van der Waals surface area (Å²) in [5.74, 6) is -0.167. The highest BCUT2D eigenvalue weighted by Crippen LogP contribution is 2.31. The number of carbonyl (C=O) groups excluding carboxylic acids is 2. The third-order valence-electron chi connectivity index (χ3n) is 5.44. The number of sulfone groups is 1. The number of thiazole rings is 1. The highest BCUT2D eigenvalue weighted by Gasteiger charge is 2.22. The van der Waals surface area contributed by atoms with Gasteiger partial charge in [-0.25, -0.2) is 18.2 Å². The molecule has 0 aliphatic carbocycles. The molecule has 184 valence electrons. The molecule has 10 nitrogen and oxygen atoms in total. The van der Waals surface area contributed by atoms with Gasteiger partial charge < -0.3 is 10.6 Å². The van der Waals surface area contributed by atoms with Crippen LogP contribution in [0.2, 0.25) is 0 Å². The minimum atomic E-state index is -3.31. The maximum absolute atomic E-state index is 12.3. The van der Waals surface area contributed by atoms with E-state index in [1.807, 2.05) is 31.2 Å². The lowest BCUT2D eigenvalue weighted by atomic mass is 10.1. The van der Waals surface area contributed by atoms with Crippen molar-refractivity contribution < 1.29 is 18.0 Å². The summed E-state index contributed by atoms with van der Waals surface area (Å²) in [4.78, 5) is 29.1. The zero-order chi connectivity index (χ0) is 25.2. The molecule has 3 aromatic rings. The normalized spacial score (nSPS) is 15.7. The van der Waals surface area contributed by atoms with Gasteiger partial charge in [0.05, 0.1) is 15.1 Å². The van der Waals surface area contributed by atoms with E-state index in [1.54, 1.807) is 30.3 Å². The molecule has 0 saturated heterocycles. The first-order chi connectivity index (χ1) is 16.6. The van der Waals surface area contributed by atoms with Crippen LogP contribution in [0, 0.1) is 0 Å². The summed E-state index contributed by atoms with van der Waals surface area (Å²) in [5, 5.41) is 14.6. The maximum Gasteiger partial charge on any atom is 0.321 e. The number of urea groups is 1. The van der Waals surface area contributed by atoms with Crippen LogP contribution in [0.5, 0.6) is 0 Å². The molecule has 12 heteroatoms. The average Bonchev–Trinajstić information content (AvgIpc) is 3.33. The Morgan fingerprint density at radius 1 is 1.17 bits per heavy atom. The highest BCUT2D eigenvalue weighted by atomic mass is 32.2. The van der Waals surface area contributed by atoms with Crippen LogP contribution in [0.4, 0.5) is 9.93 Å². The maximum atomic E-state index is 12.3. The van der Waals surface area contributed by atoms with Crippen molar-refractivity contribution >= 4 is 54.2 Å². The van der Waals surface area contributed by atoms with E-state index in [-0.39, 0.29) is 29.9 Å². The van der Waals surface area contributed by atoms with E-state index in [9.17, 15) is 18.0 Å². The number of hydrazone groups is 1. The molecule has 4 rings (SSSR count). The molecular weight excluding hydrogens is 488 g/mol. The van der Waals surface area contributed by atoms with Crippen molar-refractivity contribution in [2.45, 2.75) is 30.8 Å². The van der Waals surface area contributed by atoms with E-state index in [0.717, 1.165) is 21.5 Å². The fraction of sp³-hybridized carbons (Fsp3) is 0.304. The van der Waals surface area contributed by atoms with Gasteiger partial charge >= 0.3 is 6.03 Å². The summed E-state index contributed by atoms with van der Waals surface area (Å²) in [6.45, 7) is 2.09. The molecule has 0 bridgehead atoms. The molecule has 1 aromatic heterocycles. The fourth-order valence-electron chi connectivity index (χ4n) is 3.69. The molecule has 0 saturated carbocycles.